The van der Waals surface area contributed by atoms with Crippen LogP contribution in [0.25, 0.3) is 0 Å². The van der Waals surface area contributed by atoms with E-state index >= 15 is 0 Å². The second kappa shape index (κ2) is 17.9. The van der Waals surface area contributed by atoms with E-state index in [0.717, 1.165) is 0 Å². The molecule has 3 fully saturated rings. The Balaban J connectivity index is 1.77. The molecule has 0 aromatic heterocycles. The maximum Gasteiger partial charge on any atom is 0.186 e. The molecule has 264 valence electrons. The lowest BCUT2D eigenvalue weighted by atomic mass is 9.76. The molecule has 0 aromatic carbocycles. The second-order valence-electron chi connectivity index (χ2n) is 12.3. The van der Waals surface area contributed by atoms with E-state index in [2.05, 4.69) is 5.32 Å². The summed E-state index contributed by atoms with van der Waals surface area (Å²) >= 11 is 0. The van der Waals surface area contributed by atoms with Gasteiger partial charge in [-0.05, 0) is 44.7 Å². The van der Waals surface area contributed by atoms with Gasteiger partial charge in [-0.2, -0.15) is 0 Å². The SMILES string of the molecule is NCCC(O)CNC[C@H]1O[C@H](O[C@H]2[C@H](O)[C@@H](O[C@H]3O[C@H](CO)[C@@H](O)[C@H](N)[C@H]3O)[C@H](CC(=O)[C@@H](O)CCN)C[C@@H]2N)[C@H](N)C[C@@H]1O. The number of aliphatic hydroxyl groups is 7. The minimum Gasteiger partial charge on any atom is -0.394 e. The lowest BCUT2D eigenvalue weighted by Gasteiger charge is -2.48. The van der Waals surface area contributed by atoms with Crippen LogP contribution in [-0.4, -0.2) is 166 Å². The molecule has 0 radical (unpaired) electrons. The van der Waals surface area contributed by atoms with E-state index in [0.29, 0.717) is 13.0 Å². The summed E-state index contributed by atoms with van der Waals surface area (Å²) in [6, 6.07) is -2.94. The molecule has 1 unspecified atom stereocenters. The molecule has 3 rings (SSSR count). The molecular formula is C27H54N6O12. The first-order chi connectivity index (χ1) is 21.3. The van der Waals surface area contributed by atoms with Crippen molar-refractivity contribution in [3.8, 4) is 0 Å². The molecule has 16 atom stereocenters. The van der Waals surface area contributed by atoms with Crippen molar-refractivity contribution in [1.29, 1.82) is 0 Å². The minimum atomic E-state index is -1.57. The van der Waals surface area contributed by atoms with E-state index in [9.17, 15) is 40.5 Å². The zero-order chi connectivity index (χ0) is 33.4. The maximum atomic E-state index is 12.8. The van der Waals surface area contributed by atoms with Crippen LogP contribution in [0.15, 0.2) is 0 Å². The van der Waals surface area contributed by atoms with E-state index in [1.54, 1.807) is 0 Å². The highest BCUT2D eigenvalue weighted by molar-refractivity contribution is 5.83. The van der Waals surface area contributed by atoms with Crippen LogP contribution in [0, 0.1) is 5.92 Å². The number of carbonyl (C=O) groups excluding carboxylic acids is 1. The summed E-state index contributed by atoms with van der Waals surface area (Å²) in [6.07, 6.45) is -14.2. The van der Waals surface area contributed by atoms with Crippen molar-refractivity contribution in [1.82, 2.24) is 5.32 Å². The van der Waals surface area contributed by atoms with Crippen LogP contribution in [-0.2, 0) is 23.7 Å². The number of nitrogens with one attached hydrogen (secondary N) is 1. The van der Waals surface area contributed by atoms with E-state index in [-0.39, 0.29) is 45.3 Å². The fourth-order valence-corrected chi connectivity index (χ4v) is 6.07. The van der Waals surface area contributed by atoms with Gasteiger partial charge < -0.3 is 88.7 Å². The molecule has 45 heavy (non-hydrogen) atoms. The van der Waals surface area contributed by atoms with Crippen LogP contribution in [0.4, 0.5) is 0 Å². The topological polar surface area (TPSA) is 338 Å². The molecule has 3 aliphatic rings. The van der Waals surface area contributed by atoms with Crippen molar-refractivity contribution < 1.29 is 59.5 Å². The van der Waals surface area contributed by atoms with Crippen molar-refractivity contribution in [2.75, 3.05) is 32.8 Å². The Hall–Kier alpha value is -1.01. The predicted octanol–water partition coefficient (Wildman–Crippen LogP) is -7.00. The molecule has 2 heterocycles. The van der Waals surface area contributed by atoms with Gasteiger partial charge in [0.2, 0.25) is 0 Å². The van der Waals surface area contributed by atoms with E-state index in [1.165, 1.54) is 0 Å². The number of Topliss-reactive ketones (excluding diaryl/α,β-unsaturated/α-hetero) is 1. The number of nitrogens with two attached hydrogens (primary N) is 5. The molecule has 1 saturated carbocycles. The van der Waals surface area contributed by atoms with Crippen molar-refractivity contribution in [3.05, 3.63) is 0 Å². The Labute approximate surface area is 262 Å². The minimum absolute atomic E-state index is 0.0254. The summed E-state index contributed by atoms with van der Waals surface area (Å²) in [5.41, 5.74) is 29.6. The highest BCUT2D eigenvalue weighted by atomic mass is 16.7. The summed E-state index contributed by atoms with van der Waals surface area (Å²) in [5.74, 6) is -1.34. The molecule has 18 heteroatoms. The van der Waals surface area contributed by atoms with E-state index < -0.39 is 110 Å². The standard InChI is InChI=1S/C27H54N6O12/c28-3-1-12(35)8-33-9-18-17(38)7-14(31)26(42-18)45-25-13(30)5-11(6-16(37)15(36)2-4-29)24(23(25)41)44-27-22(40)20(32)21(39)19(10-34)43-27/h11-15,17-27,33-36,38-41H,1-10,28-32H2/t11-,12?,13-,14+,15-,17-,18+,19+,20-,21+,22+,23+,24-,25+,26+,27+/m0/s1. The first kappa shape index (κ1) is 38.4. The fourth-order valence-electron chi connectivity index (χ4n) is 6.07. The van der Waals surface area contributed by atoms with E-state index in [4.69, 9.17) is 47.6 Å². The van der Waals surface area contributed by atoms with Crippen LogP contribution < -0.4 is 34.0 Å². The van der Waals surface area contributed by atoms with Crippen molar-refractivity contribution in [2.45, 2.75) is 124 Å². The molecule has 2 saturated heterocycles. The fraction of sp³-hybridized carbons (Fsp3) is 0.963. The summed E-state index contributed by atoms with van der Waals surface area (Å²) < 4.78 is 23.6. The third-order valence-corrected chi connectivity index (χ3v) is 8.76. The summed E-state index contributed by atoms with van der Waals surface area (Å²) in [5, 5.41) is 75.9. The Morgan fingerprint density at radius 2 is 1.49 bits per heavy atom. The Bertz CT molecular complexity index is 897. The lowest BCUT2D eigenvalue weighted by Crippen LogP contribution is -2.66. The van der Waals surface area contributed by atoms with Gasteiger partial charge in [0.15, 0.2) is 18.4 Å². The van der Waals surface area contributed by atoms with E-state index in [1.807, 2.05) is 0 Å². The van der Waals surface area contributed by atoms with Crippen molar-refractivity contribution >= 4 is 5.78 Å². The third kappa shape index (κ3) is 10.00. The van der Waals surface area contributed by atoms with Gasteiger partial charge in [-0.3, -0.25) is 4.79 Å². The molecule has 0 aromatic rings. The highest BCUT2D eigenvalue weighted by Gasteiger charge is 2.51. The number of ketones is 1. The monoisotopic (exact) mass is 654 g/mol. The number of rotatable bonds is 16. The van der Waals surface area contributed by atoms with Gasteiger partial charge in [-0.25, -0.2) is 0 Å². The molecule has 0 amide bonds. The summed E-state index contributed by atoms with van der Waals surface area (Å²) in [4.78, 5) is 12.8. The number of hydrogen-bond donors (Lipinski definition) is 13. The van der Waals surface area contributed by atoms with Crippen LogP contribution in [0.3, 0.4) is 0 Å². The Morgan fingerprint density at radius 1 is 0.844 bits per heavy atom. The highest BCUT2D eigenvalue weighted by Crippen LogP contribution is 2.36. The molecule has 2 aliphatic heterocycles. The molecule has 0 bridgehead atoms. The smallest absolute Gasteiger partial charge is 0.186 e. The van der Waals surface area contributed by atoms with Crippen LogP contribution in [0.5, 0.6) is 0 Å². The molecule has 1 aliphatic carbocycles. The van der Waals surface area contributed by atoms with Gasteiger partial charge in [-0.15, -0.1) is 0 Å². The van der Waals surface area contributed by atoms with Crippen LogP contribution >= 0.6 is 0 Å². The molecule has 18 N–H and O–H groups in total. The second-order valence-corrected chi connectivity index (χ2v) is 12.3. The van der Waals surface area contributed by atoms with Crippen molar-refractivity contribution in [2.24, 2.45) is 34.6 Å². The summed E-state index contributed by atoms with van der Waals surface area (Å²) in [7, 11) is 0. The van der Waals surface area contributed by atoms with Crippen LogP contribution in [0.2, 0.25) is 0 Å². The zero-order valence-electron chi connectivity index (χ0n) is 25.4. The number of aliphatic hydroxyl groups excluding tert-OH is 7. The van der Waals surface area contributed by atoms with Gasteiger partial charge in [0, 0.05) is 25.6 Å². The van der Waals surface area contributed by atoms with Gasteiger partial charge >= 0.3 is 0 Å². The van der Waals surface area contributed by atoms with Gasteiger partial charge in [0.1, 0.15) is 36.6 Å². The number of carbonyl (C=O) groups is 1. The molecular weight excluding hydrogens is 600 g/mol. The normalized spacial score (nSPS) is 42.3. The first-order valence-corrected chi connectivity index (χ1v) is 15.5. The lowest BCUT2D eigenvalue weighted by molar-refractivity contribution is -0.320. The average molecular weight is 655 g/mol. The largest absolute Gasteiger partial charge is 0.394 e. The number of ether oxygens (including phenoxy) is 4. The quantitative estimate of drug-likeness (QED) is 0.0735. The van der Waals surface area contributed by atoms with Gasteiger partial charge in [0.25, 0.3) is 0 Å². The molecule has 18 nitrogen and oxygen atoms in total. The van der Waals surface area contributed by atoms with Crippen LogP contribution in [0.1, 0.15) is 32.1 Å². The summed E-state index contributed by atoms with van der Waals surface area (Å²) in [6.45, 7) is 0.131. The van der Waals surface area contributed by atoms with Crippen molar-refractivity contribution in [3.63, 3.8) is 0 Å². The van der Waals surface area contributed by atoms with Gasteiger partial charge in [-0.1, -0.05) is 0 Å². The molecule has 0 spiro atoms. The Kier molecular flexibility index (Phi) is 15.3. The maximum absolute atomic E-state index is 12.8. The van der Waals surface area contributed by atoms with Gasteiger partial charge in [0.05, 0.1) is 43.1 Å². The average Bonchev–Trinajstić information content (AvgIpc) is 2.99. The zero-order valence-corrected chi connectivity index (χ0v) is 25.4. The first-order valence-electron chi connectivity index (χ1n) is 15.5. The predicted molar refractivity (Wildman–Crippen MR) is 157 cm³/mol. The number of hydrogen-bond acceptors (Lipinski definition) is 18. The Morgan fingerprint density at radius 3 is 2.13 bits per heavy atom. The third-order valence-electron chi connectivity index (χ3n) is 8.76.